The van der Waals surface area contributed by atoms with Crippen molar-refractivity contribution in [3.05, 3.63) is 40.3 Å². The Bertz CT molecular complexity index is 773. The molecule has 1 aliphatic rings. The molecule has 0 bridgehead atoms. The van der Waals surface area contributed by atoms with E-state index in [2.05, 4.69) is 35.8 Å². The number of nitriles is 1. The number of urea groups is 1. The number of benzene rings is 1. The van der Waals surface area contributed by atoms with Crippen molar-refractivity contribution in [2.24, 2.45) is 0 Å². The Labute approximate surface area is 140 Å². The Hall–Kier alpha value is -2.32. The summed E-state index contributed by atoms with van der Waals surface area (Å²) < 4.78 is 0. The van der Waals surface area contributed by atoms with Crippen LogP contribution in [0.1, 0.15) is 35.8 Å². The number of nitrogens with zero attached hydrogens (tertiary/aromatic N) is 1. The average Bonchev–Trinajstić information content (AvgIpc) is 2.92. The van der Waals surface area contributed by atoms with Crippen LogP contribution < -0.4 is 10.6 Å². The number of carbonyl (C=O) groups is 1. The van der Waals surface area contributed by atoms with Crippen LogP contribution in [0.5, 0.6) is 0 Å². The van der Waals surface area contributed by atoms with Gasteiger partial charge in [-0.15, -0.1) is 11.3 Å². The number of nitrogens with one attached hydrogen (secondary N) is 2. The minimum atomic E-state index is -0.234. The van der Waals surface area contributed by atoms with Crippen LogP contribution in [-0.2, 0) is 12.8 Å². The Morgan fingerprint density at radius 3 is 2.96 bits per heavy atom. The molecule has 2 aromatic rings. The molecule has 2 amide bonds. The van der Waals surface area contributed by atoms with Crippen molar-refractivity contribution < 1.29 is 4.79 Å². The zero-order chi connectivity index (χ0) is 16.2. The van der Waals surface area contributed by atoms with Gasteiger partial charge in [-0.3, -0.25) is 5.32 Å². The average molecular weight is 325 g/mol. The van der Waals surface area contributed by atoms with E-state index in [1.807, 2.05) is 12.1 Å². The van der Waals surface area contributed by atoms with Crippen LogP contribution in [0.2, 0.25) is 0 Å². The van der Waals surface area contributed by atoms with Gasteiger partial charge in [0.1, 0.15) is 11.1 Å². The highest BCUT2D eigenvalue weighted by Gasteiger charge is 2.25. The first-order valence-corrected chi connectivity index (χ1v) is 8.75. The molecule has 0 spiro atoms. The van der Waals surface area contributed by atoms with Crippen molar-refractivity contribution in [1.82, 2.24) is 5.32 Å². The molecule has 0 aliphatic heterocycles. The lowest BCUT2D eigenvalue weighted by molar-refractivity contribution is 0.252. The molecule has 1 heterocycles. The quantitative estimate of drug-likeness (QED) is 0.823. The predicted molar refractivity (Wildman–Crippen MR) is 93.8 cm³/mol. The molecule has 2 N–H and O–H groups in total. The topological polar surface area (TPSA) is 64.9 Å². The number of hydrogen-bond donors (Lipinski definition) is 2. The fourth-order valence-corrected chi connectivity index (χ4v) is 4.05. The third-order valence-corrected chi connectivity index (χ3v) is 5.21. The molecule has 0 atom stereocenters. The van der Waals surface area contributed by atoms with Crippen LogP contribution in [0.3, 0.4) is 0 Å². The molecule has 0 unspecified atom stereocenters. The molecule has 1 aromatic heterocycles. The number of amides is 2. The minimum Gasteiger partial charge on any atom is -0.338 e. The van der Waals surface area contributed by atoms with Crippen molar-refractivity contribution in [2.45, 2.75) is 32.6 Å². The van der Waals surface area contributed by atoms with E-state index in [-0.39, 0.29) is 6.03 Å². The van der Waals surface area contributed by atoms with Crippen LogP contribution in [0.15, 0.2) is 24.3 Å². The molecular weight excluding hydrogens is 306 g/mol. The van der Waals surface area contributed by atoms with Crippen molar-refractivity contribution in [3.63, 3.8) is 0 Å². The van der Waals surface area contributed by atoms with E-state index in [4.69, 9.17) is 0 Å². The first-order valence-electron chi connectivity index (χ1n) is 7.93. The highest BCUT2D eigenvalue weighted by Crippen LogP contribution is 2.44. The number of anilines is 1. The highest BCUT2D eigenvalue weighted by atomic mass is 32.1. The van der Waals surface area contributed by atoms with Gasteiger partial charge in [-0.25, -0.2) is 4.79 Å². The van der Waals surface area contributed by atoms with Gasteiger partial charge in [0, 0.05) is 17.0 Å². The monoisotopic (exact) mass is 325 g/mol. The van der Waals surface area contributed by atoms with Gasteiger partial charge in [0.05, 0.1) is 5.56 Å². The summed E-state index contributed by atoms with van der Waals surface area (Å²) in [5, 5.41) is 15.9. The van der Waals surface area contributed by atoms with E-state index < -0.39 is 0 Å². The van der Waals surface area contributed by atoms with Crippen LogP contribution in [0.25, 0.3) is 11.1 Å². The van der Waals surface area contributed by atoms with E-state index >= 15 is 0 Å². The second kappa shape index (κ2) is 6.84. The summed E-state index contributed by atoms with van der Waals surface area (Å²) in [6, 6.07) is 10.3. The number of hydrogen-bond acceptors (Lipinski definition) is 3. The van der Waals surface area contributed by atoms with Crippen molar-refractivity contribution >= 4 is 22.4 Å². The van der Waals surface area contributed by atoms with Gasteiger partial charge in [0.25, 0.3) is 0 Å². The first kappa shape index (κ1) is 15.6. The molecule has 5 heteroatoms. The maximum absolute atomic E-state index is 12.0. The largest absolute Gasteiger partial charge is 0.338 e. The number of unbranched alkanes of at least 4 members (excludes halogenated alkanes) is 1. The van der Waals surface area contributed by atoms with E-state index in [0.29, 0.717) is 17.1 Å². The molecule has 118 valence electrons. The zero-order valence-electron chi connectivity index (χ0n) is 13.1. The highest BCUT2D eigenvalue weighted by molar-refractivity contribution is 7.17. The van der Waals surface area contributed by atoms with Crippen LogP contribution in [0.4, 0.5) is 9.80 Å². The Balaban J connectivity index is 1.89. The van der Waals surface area contributed by atoms with Gasteiger partial charge in [-0.05, 0) is 30.4 Å². The lowest BCUT2D eigenvalue weighted by Gasteiger charge is -2.16. The molecule has 3 rings (SSSR count). The van der Waals surface area contributed by atoms with Crippen LogP contribution >= 0.6 is 11.3 Å². The first-order chi connectivity index (χ1) is 11.2. The summed E-state index contributed by atoms with van der Waals surface area (Å²) >= 11 is 1.52. The van der Waals surface area contributed by atoms with Crippen LogP contribution in [0, 0.1) is 11.3 Å². The molecule has 0 saturated heterocycles. The Morgan fingerprint density at radius 2 is 2.17 bits per heavy atom. The maximum Gasteiger partial charge on any atom is 0.319 e. The lowest BCUT2D eigenvalue weighted by Crippen LogP contribution is -2.29. The molecule has 23 heavy (non-hydrogen) atoms. The molecular formula is C18H19N3OS. The second-order valence-corrected chi connectivity index (χ2v) is 6.71. The van der Waals surface area contributed by atoms with Gasteiger partial charge in [0.2, 0.25) is 0 Å². The zero-order valence-corrected chi connectivity index (χ0v) is 13.9. The summed E-state index contributed by atoms with van der Waals surface area (Å²) in [6.45, 7) is 2.73. The fourth-order valence-electron chi connectivity index (χ4n) is 2.89. The van der Waals surface area contributed by atoms with E-state index in [9.17, 15) is 10.1 Å². The second-order valence-electron chi connectivity index (χ2n) is 5.61. The van der Waals surface area contributed by atoms with Crippen molar-refractivity contribution in [1.29, 1.82) is 5.26 Å². The molecule has 1 aromatic carbocycles. The van der Waals surface area contributed by atoms with Gasteiger partial charge in [-0.2, -0.15) is 5.26 Å². The predicted octanol–water partition coefficient (Wildman–Crippen LogP) is 4.31. The molecule has 1 aliphatic carbocycles. The number of rotatable bonds is 4. The lowest BCUT2D eigenvalue weighted by atomic mass is 9.88. The van der Waals surface area contributed by atoms with Crippen molar-refractivity contribution in [2.75, 3.05) is 11.9 Å². The van der Waals surface area contributed by atoms with Gasteiger partial charge in [-0.1, -0.05) is 37.6 Å². The van der Waals surface area contributed by atoms with E-state index in [1.165, 1.54) is 21.8 Å². The van der Waals surface area contributed by atoms with Crippen molar-refractivity contribution in [3.8, 4) is 17.2 Å². The molecule has 0 radical (unpaired) electrons. The molecule has 4 nitrogen and oxygen atoms in total. The van der Waals surface area contributed by atoms with Crippen LogP contribution in [-0.4, -0.2) is 12.6 Å². The normalized spacial score (nSPS) is 12.0. The van der Waals surface area contributed by atoms with Gasteiger partial charge < -0.3 is 5.32 Å². The number of fused-ring (bicyclic) bond motifs is 3. The SMILES string of the molecule is CCCCNC(=O)Nc1sc2c(c1C#N)-c1ccccc1CC2. The number of thiophene rings is 1. The van der Waals surface area contributed by atoms with E-state index in [1.54, 1.807) is 0 Å². The standard InChI is InChI=1S/C18H19N3OS/c1-2-3-10-20-18(22)21-17-14(11-19)16-13-7-5-4-6-12(13)8-9-15(16)23-17/h4-7H,2-3,8-10H2,1H3,(H2,20,21,22). The summed E-state index contributed by atoms with van der Waals surface area (Å²) in [4.78, 5) is 13.2. The third-order valence-electron chi connectivity index (χ3n) is 4.04. The Morgan fingerprint density at radius 1 is 1.35 bits per heavy atom. The number of aryl methyl sites for hydroxylation is 2. The third kappa shape index (κ3) is 3.08. The fraction of sp³-hybridized carbons (Fsp3) is 0.333. The van der Waals surface area contributed by atoms with Gasteiger partial charge >= 0.3 is 6.03 Å². The minimum absolute atomic E-state index is 0.234. The Kier molecular flexibility index (Phi) is 4.63. The summed E-state index contributed by atoms with van der Waals surface area (Å²) in [5.41, 5.74) is 3.99. The summed E-state index contributed by atoms with van der Waals surface area (Å²) in [7, 11) is 0. The smallest absolute Gasteiger partial charge is 0.319 e. The molecule has 0 fully saturated rings. The van der Waals surface area contributed by atoms with Gasteiger partial charge in [0.15, 0.2) is 0 Å². The number of carbonyl (C=O) groups excluding carboxylic acids is 1. The molecule has 0 saturated carbocycles. The van der Waals surface area contributed by atoms with E-state index in [0.717, 1.165) is 36.8 Å². The summed E-state index contributed by atoms with van der Waals surface area (Å²) in [6.07, 6.45) is 3.89. The summed E-state index contributed by atoms with van der Waals surface area (Å²) in [5.74, 6) is 0. The maximum atomic E-state index is 12.0.